The van der Waals surface area contributed by atoms with Crippen LogP contribution in [0.2, 0.25) is 0 Å². The van der Waals surface area contributed by atoms with Crippen LogP contribution in [0.4, 0.5) is 5.69 Å². The van der Waals surface area contributed by atoms with Crippen molar-refractivity contribution in [3.63, 3.8) is 0 Å². The van der Waals surface area contributed by atoms with Gasteiger partial charge in [0.2, 0.25) is 0 Å². The van der Waals surface area contributed by atoms with Crippen LogP contribution in [0.25, 0.3) is 0 Å². The number of anilines is 1. The molecule has 126 valence electrons. The Morgan fingerprint density at radius 2 is 1.88 bits per heavy atom. The molecule has 0 saturated heterocycles. The van der Waals surface area contributed by atoms with Crippen molar-refractivity contribution in [3.05, 3.63) is 54.1 Å². The summed E-state index contributed by atoms with van der Waals surface area (Å²) in [5.74, 6) is 2.95. The predicted octanol–water partition coefficient (Wildman–Crippen LogP) is 3.23. The van der Waals surface area contributed by atoms with E-state index in [0.717, 1.165) is 12.2 Å². The van der Waals surface area contributed by atoms with Gasteiger partial charge in [-0.25, -0.2) is 0 Å². The Balaban J connectivity index is 1.56. The summed E-state index contributed by atoms with van der Waals surface area (Å²) in [5.41, 5.74) is 8.21. The summed E-state index contributed by atoms with van der Waals surface area (Å²) in [4.78, 5) is 4.47. The van der Waals surface area contributed by atoms with Crippen molar-refractivity contribution in [2.75, 3.05) is 26.1 Å². The number of nitrogens with one attached hydrogen (secondary N) is 1. The number of nitrogens with two attached hydrogens (primary N) is 1. The maximum Gasteiger partial charge on any atom is 0.193 e. The van der Waals surface area contributed by atoms with E-state index < -0.39 is 0 Å². The molecule has 1 aliphatic carbocycles. The zero-order valence-electron chi connectivity index (χ0n) is 14.0. The smallest absolute Gasteiger partial charge is 0.193 e. The lowest BCUT2D eigenvalue weighted by molar-refractivity contribution is 0.355. The van der Waals surface area contributed by atoms with Gasteiger partial charge in [-0.2, -0.15) is 0 Å². The van der Waals surface area contributed by atoms with Crippen LogP contribution in [0.3, 0.4) is 0 Å². The Kier molecular flexibility index (Phi) is 4.89. The largest absolute Gasteiger partial charge is 0.493 e. The first-order valence-corrected chi connectivity index (χ1v) is 8.05. The van der Waals surface area contributed by atoms with Crippen LogP contribution in [0.1, 0.15) is 17.9 Å². The second-order valence-electron chi connectivity index (χ2n) is 5.93. The maximum atomic E-state index is 5.99. The van der Waals surface area contributed by atoms with E-state index in [1.165, 1.54) is 12.0 Å². The summed E-state index contributed by atoms with van der Waals surface area (Å²) >= 11 is 0. The zero-order valence-corrected chi connectivity index (χ0v) is 14.0. The van der Waals surface area contributed by atoms with Crippen LogP contribution < -0.4 is 20.5 Å². The van der Waals surface area contributed by atoms with Gasteiger partial charge in [-0.15, -0.1) is 0 Å². The topological polar surface area (TPSA) is 68.9 Å². The lowest BCUT2D eigenvalue weighted by atomic mass is 10.1. The molecule has 5 nitrogen and oxygen atoms in total. The number of nitrogens with zero attached hydrogens (tertiary/aromatic N) is 1. The first kappa shape index (κ1) is 16.2. The van der Waals surface area contributed by atoms with Gasteiger partial charge in [0.15, 0.2) is 17.5 Å². The fourth-order valence-electron chi connectivity index (χ4n) is 2.87. The van der Waals surface area contributed by atoms with Gasteiger partial charge >= 0.3 is 0 Å². The highest BCUT2D eigenvalue weighted by atomic mass is 16.5. The fraction of sp³-hybridized carbons (Fsp3) is 0.316. The number of ether oxygens (including phenoxy) is 2. The summed E-state index contributed by atoms with van der Waals surface area (Å²) in [5, 5.41) is 3.10. The molecule has 0 radical (unpaired) electrons. The molecular formula is C19H23N3O2. The Morgan fingerprint density at radius 3 is 2.58 bits per heavy atom. The third kappa shape index (κ3) is 3.79. The lowest BCUT2D eigenvalue weighted by Gasteiger charge is -2.10. The van der Waals surface area contributed by atoms with Gasteiger partial charge in [0.1, 0.15) is 0 Å². The van der Waals surface area contributed by atoms with E-state index in [0.29, 0.717) is 29.3 Å². The van der Waals surface area contributed by atoms with Crippen molar-refractivity contribution >= 4 is 11.6 Å². The molecule has 2 aromatic rings. The number of aliphatic imine (C=N–C) groups is 1. The average Bonchev–Trinajstić information content (AvgIpc) is 3.40. The van der Waals surface area contributed by atoms with E-state index in [4.69, 9.17) is 15.2 Å². The molecular weight excluding hydrogens is 302 g/mol. The number of benzene rings is 2. The monoisotopic (exact) mass is 325 g/mol. The van der Waals surface area contributed by atoms with Crippen LogP contribution in [-0.2, 0) is 0 Å². The first-order chi connectivity index (χ1) is 11.7. The fourth-order valence-corrected chi connectivity index (χ4v) is 2.87. The highest BCUT2D eigenvalue weighted by Gasteiger charge is 2.37. The molecule has 2 atom stereocenters. The van der Waals surface area contributed by atoms with Crippen molar-refractivity contribution in [2.45, 2.75) is 12.3 Å². The average molecular weight is 325 g/mol. The Bertz CT molecular complexity index is 716. The summed E-state index contributed by atoms with van der Waals surface area (Å²) in [7, 11) is 3.22. The Morgan fingerprint density at radius 1 is 1.12 bits per heavy atom. The predicted molar refractivity (Wildman–Crippen MR) is 96.9 cm³/mol. The lowest BCUT2D eigenvalue weighted by Crippen LogP contribution is -2.23. The van der Waals surface area contributed by atoms with Gasteiger partial charge in [-0.1, -0.05) is 30.3 Å². The molecule has 24 heavy (non-hydrogen) atoms. The summed E-state index contributed by atoms with van der Waals surface area (Å²) in [6.45, 7) is 0.742. The molecule has 0 aliphatic heterocycles. The quantitative estimate of drug-likeness (QED) is 0.632. The van der Waals surface area contributed by atoms with E-state index in [1.54, 1.807) is 14.2 Å². The molecule has 0 heterocycles. The summed E-state index contributed by atoms with van der Waals surface area (Å²) in [6, 6.07) is 16.1. The first-order valence-electron chi connectivity index (χ1n) is 8.05. The summed E-state index contributed by atoms with van der Waals surface area (Å²) in [6.07, 6.45) is 1.18. The highest BCUT2D eigenvalue weighted by molar-refractivity contribution is 5.92. The standard InChI is InChI=1S/C19H23N3O2/c1-23-17-9-8-15(11-18(17)24-2)22-19(20)21-12-14-10-16(14)13-6-4-3-5-7-13/h3-9,11,14,16H,10,12H2,1-2H3,(H3,20,21,22). The molecule has 0 amide bonds. The van der Waals surface area contributed by atoms with E-state index in [1.807, 2.05) is 24.3 Å². The summed E-state index contributed by atoms with van der Waals surface area (Å²) < 4.78 is 10.5. The molecule has 0 aromatic heterocycles. The third-order valence-electron chi connectivity index (χ3n) is 4.30. The van der Waals surface area contributed by atoms with E-state index in [9.17, 15) is 0 Å². The zero-order chi connectivity index (χ0) is 16.9. The van der Waals surface area contributed by atoms with Crippen molar-refractivity contribution in [1.29, 1.82) is 0 Å². The molecule has 3 N–H and O–H groups in total. The van der Waals surface area contributed by atoms with Crippen LogP contribution in [0.15, 0.2) is 53.5 Å². The third-order valence-corrected chi connectivity index (χ3v) is 4.30. The Labute approximate surface area is 142 Å². The highest BCUT2D eigenvalue weighted by Crippen LogP contribution is 2.47. The van der Waals surface area contributed by atoms with Crippen LogP contribution >= 0.6 is 0 Å². The van der Waals surface area contributed by atoms with Gasteiger partial charge < -0.3 is 20.5 Å². The van der Waals surface area contributed by atoms with Gasteiger partial charge in [0, 0.05) is 18.3 Å². The molecule has 3 rings (SSSR count). The van der Waals surface area contributed by atoms with Crippen LogP contribution in [0.5, 0.6) is 11.5 Å². The van der Waals surface area contributed by atoms with Gasteiger partial charge in [-0.3, -0.25) is 4.99 Å². The molecule has 0 spiro atoms. The van der Waals surface area contributed by atoms with Gasteiger partial charge in [0.05, 0.1) is 14.2 Å². The van der Waals surface area contributed by atoms with Crippen molar-refractivity contribution in [3.8, 4) is 11.5 Å². The SMILES string of the molecule is COc1ccc(NC(N)=NCC2CC2c2ccccc2)cc1OC. The van der Waals surface area contributed by atoms with E-state index >= 15 is 0 Å². The molecule has 2 aromatic carbocycles. The number of hydrogen-bond acceptors (Lipinski definition) is 3. The van der Waals surface area contributed by atoms with Gasteiger partial charge in [0.25, 0.3) is 0 Å². The number of methoxy groups -OCH3 is 2. The van der Waals surface area contributed by atoms with Crippen LogP contribution in [-0.4, -0.2) is 26.7 Å². The molecule has 0 bridgehead atoms. The van der Waals surface area contributed by atoms with E-state index in [2.05, 4.69) is 34.6 Å². The second kappa shape index (κ2) is 7.25. The molecule has 2 unspecified atom stereocenters. The number of guanidine groups is 1. The van der Waals surface area contributed by atoms with Crippen LogP contribution in [0, 0.1) is 5.92 Å². The molecule has 1 aliphatic rings. The van der Waals surface area contributed by atoms with Crippen molar-refractivity contribution < 1.29 is 9.47 Å². The minimum Gasteiger partial charge on any atom is -0.493 e. The van der Waals surface area contributed by atoms with Crippen molar-refractivity contribution in [1.82, 2.24) is 0 Å². The molecule has 1 fully saturated rings. The molecule has 1 saturated carbocycles. The Hall–Kier alpha value is -2.69. The maximum absolute atomic E-state index is 5.99. The molecule has 5 heteroatoms. The number of rotatable bonds is 6. The van der Waals surface area contributed by atoms with Gasteiger partial charge in [-0.05, 0) is 36.0 Å². The number of hydrogen-bond donors (Lipinski definition) is 2. The van der Waals surface area contributed by atoms with E-state index in [-0.39, 0.29) is 0 Å². The minimum atomic E-state index is 0.418. The second-order valence-corrected chi connectivity index (χ2v) is 5.93. The normalized spacial score (nSPS) is 19.7. The minimum absolute atomic E-state index is 0.418. The van der Waals surface area contributed by atoms with Crippen molar-refractivity contribution in [2.24, 2.45) is 16.6 Å².